The number of furan rings is 1. The minimum atomic E-state index is -0.744. The number of nitrogens with zero attached hydrogens (tertiary/aromatic N) is 2. The van der Waals surface area contributed by atoms with Crippen molar-refractivity contribution in [3.05, 3.63) is 53.3 Å². The van der Waals surface area contributed by atoms with Gasteiger partial charge < -0.3 is 9.32 Å². The molecule has 0 spiro atoms. The molecule has 2 aliphatic rings. The Kier molecular flexibility index (Phi) is 5.20. The van der Waals surface area contributed by atoms with Gasteiger partial charge in [0.1, 0.15) is 11.3 Å². The molecule has 2 fully saturated rings. The molecule has 0 aliphatic carbocycles. The Hall–Kier alpha value is -3.35. The van der Waals surface area contributed by atoms with Crippen LogP contribution >= 0.6 is 0 Å². The number of anilines is 2. The van der Waals surface area contributed by atoms with Crippen LogP contribution < -0.4 is 15.1 Å². The molecule has 0 atom stereocenters. The molecule has 7 nitrogen and oxygen atoms in total. The number of barbiturate groups is 1. The normalized spacial score (nSPS) is 19.1. The summed E-state index contributed by atoms with van der Waals surface area (Å²) < 4.78 is 5.85. The molecule has 4 amide bonds. The predicted molar refractivity (Wildman–Crippen MR) is 110 cm³/mol. The minimum Gasteiger partial charge on any atom is -0.441 e. The van der Waals surface area contributed by atoms with E-state index in [-0.39, 0.29) is 5.57 Å². The minimum absolute atomic E-state index is 0.130. The molecule has 7 heteroatoms. The molecule has 150 valence electrons. The number of aryl methyl sites for hydroxylation is 1. The monoisotopic (exact) mass is 393 g/mol. The first-order valence-corrected chi connectivity index (χ1v) is 9.92. The molecule has 4 rings (SSSR count). The summed E-state index contributed by atoms with van der Waals surface area (Å²) in [6.45, 7) is 3.80. The van der Waals surface area contributed by atoms with Crippen LogP contribution in [0.3, 0.4) is 0 Å². The Morgan fingerprint density at radius 2 is 1.79 bits per heavy atom. The zero-order valence-electron chi connectivity index (χ0n) is 16.3. The molecule has 0 saturated carbocycles. The van der Waals surface area contributed by atoms with Crippen LogP contribution in [0, 0.1) is 0 Å². The van der Waals surface area contributed by atoms with E-state index >= 15 is 0 Å². The molecule has 29 heavy (non-hydrogen) atoms. The lowest BCUT2D eigenvalue weighted by Crippen LogP contribution is -2.54. The molecular weight excluding hydrogens is 370 g/mol. The van der Waals surface area contributed by atoms with Gasteiger partial charge in [0.15, 0.2) is 5.88 Å². The topological polar surface area (TPSA) is 82.9 Å². The largest absolute Gasteiger partial charge is 0.441 e. The van der Waals surface area contributed by atoms with Crippen LogP contribution in [0.2, 0.25) is 0 Å². The Morgan fingerprint density at radius 3 is 2.55 bits per heavy atom. The first-order chi connectivity index (χ1) is 14.1. The van der Waals surface area contributed by atoms with E-state index in [0.717, 1.165) is 42.3 Å². The Bertz CT molecular complexity index is 985. The molecule has 1 aromatic carbocycles. The molecule has 0 bridgehead atoms. The first kappa shape index (κ1) is 19.0. The summed E-state index contributed by atoms with van der Waals surface area (Å²) in [6, 6.07) is 9.99. The Balaban J connectivity index is 1.64. The molecular formula is C22H23N3O4. The molecule has 0 radical (unpaired) electrons. The highest BCUT2D eigenvalue weighted by Gasteiger charge is 2.37. The average molecular weight is 393 g/mol. The van der Waals surface area contributed by atoms with Gasteiger partial charge in [0.05, 0.1) is 5.69 Å². The van der Waals surface area contributed by atoms with Crippen LogP contribution in [0.1, 0.15) is 37.5 Å². The lowest BCUT2D eigenvalue weighted by molar-refractivity contribution is -0.122. The number of carbonyl (C=O) groups is 3. The highest BCUT2D eigenvalue weighted by Crippen LogP contribution is 2.27. The number of rotatable bonds is 4. The lowest BCUT2D eigenvalue weighted by Gasteiger charge is -2.27. The van der Waals surface area contributed by atoms with Crippen LogP contribution in [-0.4, -0.2) is 30.9 Å². The van der Waals surface area contributed by atoms with E-state index in [1.165, 1.54) is 12.5 Å². The summed E-state index contributed by atoms with van der Waals surface area (Å²) in [4.78, 5) is 41.0. The number of urea groups is 1. The van der Waals surface area contributed by atoms with Crippen molar-refractivity contribution < 1.29 is 18.8 Å². The number of nitrogens with one attached hydrogen (secondary N) is 1. The van der Waals surface area contributed by atoms with Crippen molar-refractivity contribution in [2.24, 2.45) is 0 Å². The van der Waals surface area contributed by atoms with Gasteiger partial charge in [-0.1, -0.05) is 25.1 Å². The molecule has 1 aromatic heterocycles. The second-order valence-corrected chi connectivity index (χ2v) is 7.16. The molecule has 3 heterocycles. The van der Waals surface area contributed by atoms with Gasteiger partial charge in [-0.25, -0.2) is 9.69 Å². The SMILES string of the molecule is CCc1ccccc1N1C(=O)NC(=O)/C(=C/c2ccc(N3CCCCC3)o2)C1=O. The van der Waals surface area contributed by atoms with Crippen molar-refractivity contribution >= 4 is 35.5 Å². The second-order valence-electron chi connectivity index (χ2n) is 7.16. The number of hydrogen-bond donors (Lipinski definition) is 1. The third-order valence-corrected chi connectivity index (χ3v) is 5.28. The zero-order valence-corrected chi connectivity index (χ0v) is 16.3. The fourth-order valence-electron chi connectivity index (χ4n) is 3.75. The number of imide groups is 2. The van der Waals surface area contributed by atoms with E-state index in [4.69, 9.17) is 4.42 Å². The van der Waals surface area contributed by atoms with Crippen LogP contribution in [0.15, 0.2) is 46.4 Å². The summed E-state index contributed by atoms with van der Waals surface area (Å²) in [5, 5.41) is 2.26. The van der Waals surface area contributed by atoms with Gasteiger partial charge in [-0.15, -0.1) is 0 Å². The van der Waals surface area contributed by atoms with Crippen LogP contribution in [0.25, 0.3) is 6.08 Å². The van der Waals surface area contributed by atoms with Crippen molar-refractivity contribution in [1.29, 1.82) is 0 Å². The Labute approximate surface area is 169 Å². The van der Waals surface area contributed by atoms with Crippen molar-refractivity contribution in [2.45, 2.75) is 32.6 Å². The standard InChI is InChI=1S/C22H23N3O4/c1-2-15-8-4-5-9-18(15)25-21(27)17(20(26)23-22(25)28)14-16-10-11-19(29-16)24-12-6-3-7-13-24/h4-5,8-11,14H,2-3,6-7,12-13H2,1H3,(H,23,26,28)/b17-14-. The van der Waals surface area contributed by atoms with E-state index in [1.54, 1.807) is 18.2 Å². The van der Waals surface area contributed by atoms with Crippen LogP contribution in [0.4, 0.5) is 16.4 Å². The van der Waals surface area contributed by atoms with E-state index in [1.807, 2.05) is 25.1 Å². The van der Waals surface area contributed by atoms with Gasteiger partial charge >= 0.3 is 6.03 Å². The second kappa shape index (κ2) is 7.95. The summed E-state index contributed by atoms with van der Waals surface area (Å²) >= 11 is 0. The smallest absolute Gasteiger partial charge is 0.335 e. The fourth-order valence-corrected chi connectivity index (χ4v) is 3.75. The van der Waals surface area contributed by atoms with Crippen molar-refractivity contribution in [3.63, 3.8) is 0 Å². The van der Waals surface area contributed by atoms with Crippen LogP contribution in [-0.2, 0) is 16.0 Å². The lowest BCUT2D eigenvalue weighted by atomic mass is 10.1. The molecule has 2 saturated heterocycles. The molecule has 1 N–H and O–H groups in total. The highest BCUT2D eigenvalue weighted by molar-refractivity contribution is 6.39. The summed E-state index contributed by atoms with van der Waals surface area (Å²) in [7, 11) is 0. The average Bonchev–Trinajstić information content (AvgIpc) is 3.21. The summed E-state index contributed by atoms with van der Waals surface area (Å²) in [5.74, 6) is -0.247. The maximum atomic E-state index is 13.1. The number of piperidine rings is 1. The number of hydrogen-bond acceptors (Lipinski definition) is 5. The number of amides is 4. The van der Waals surface area contributed by atoms with Gasteiger partial charge in [-0.3, -0.25) is 14.9 Å². The van der Waals surface area contributed by atoms with Crippen molar-refractivity contribution in [3.8, 4) is 0 Å². The molecule has 2 aromatic rings. The predicted octanol–water partition coefficient (Wildman–Crippen LogP) is 3.50. The number of para-hydroxylation sites is 1. The maximum absolute atomic E-state index is 13.1. The molecule has 2 aliphatic heterocycles. The quantitative estimate of drug-likeness (QED) is 0.635. The number of benzene rings is 1. The van der Waals surface area contributed by atoms with Gasteiger partial charge in [-0.05, 0) is 49.5 Å². The third kappa shape index (κ3) is 3.68. The van der Waals surface area contributed by atoms with Crippen LogP contribution in [0.5, 0.6) is 0 Å². The van der Waals surface area contributed by atoms with E-state index < -0.39 is 17.8 Å². The Morgan fingerprint density at radius 1 is 1.03 bits per heavy atom. The van der Waals surface area contributed by atoms with E-state index in [2.05, 4.69) is 10.2 Å². The first-order valence-electron chi connectivity index (χ1n) is 9.92. The van der Waals surface area contributed by atoms with Crippen molar-refractivity contribution in [2.75, 3.05) is 22.9 Å². The summed E-state index contributed by atoms with van der Waals surface area (Å²) in [6.07, 6.45) is 5.50. The van der Waals surface area contributed by atoms with Gasteiger partial charge in [-0.2, -0.15) is 0 Å². The van der Waals surface area contributed by atoms with Gasteiger partial charge in [0.25, 0.3) is 11.8 Å². The highest BCUT2D eigenvalue weighted by atomic mass is 16.4. The maximum Gasteiger partial charge on any atom is 0.335 e. The van der Waals surface area contributed by atoms with Gasteiger partial charge in [0, 0.05) is 19.2 Å². The van der Waals surface area contributed by atoms with E-state index in [9.17, 15) is 14.4 Å². The van der Waals surface area contributed by atoms with Crippen molar-refractivity contribution in [1.82, 2.24) is 5.32 Å². The van der Waals surface area contributed by atoms with Gasteiger partial charge in [0.2, 0.25) is 0 Å². The third-order valence-electron chi connectivity index (χ3n) is 5.28. The molecule has 0 unspecified atom stereocenters. The van der Waals surface area contributed by atoms with E-state index in [0.29, 0.717) is 17.9 Å². The number of carbonyl (C=O) groups excluding carboxylic acids is 3. The fraction of sp³-hybridized carbons (Fsp3) is 0.318. The summed E-state index contributed by atoms with van der Waals surface area (Å²) in [5.41, 5.74) is 1.19. The zero-order chi connectivity index (χ0) is 20.4.